The first kappa shape index (κ1) is 11.3. The lowest BCUT2D eigenvalue weighted by molar-refractivity contribution is -0.133. The van der Waals surface area contributed by atoms with E-state index in [4.69, 9.17) is 9.63 Å². The molecule has 0 atom stereocenters. The van der Waals surface area contributed by atoms with Gasteiger partial charge < -0.3 is 14.5 Å². The molecule has 1 saturated heterocycles. The van der Waals surface area contributed by atoms with Crippen LogP contribution in [-0.4, -0.2) is 40.1 Å². The third kappa shape index (κ3) is 2.88. The van der Waals surface area contributed by atoms with Gasteiger partial charge in [-0.2, -0.15) is 4.98 Å². The van der Waals surface area contributed by atoms with Gasteiger partial charge in [0.05, 0.1) is 11.5 Å². The molecule has 0 amide bonds. The Morgan fingerprint density at radius 2 is 2.25 bits per heavy atom. The zero-order valence-corrected chi connectivity index (χ0v) is 9.57. The number of carbonyl (C=O) groups is 1. The summed E-state index contributed by atoms with van der Waals surface area (Å²) in [5.41, 5.74) is 0. The third-order valence-corrected chi connectivity index (χ3v) is 3.20. The largest absolute Gasteiger partial charge is 0.481 e. The third-order valence-electron chi connectivity index (χ3n) is 2.30. The minimum atomic E-state index is -0.829. The van der Waals surface area contributed by atoms with Gasteiger partial charge >= 0.3 is 5.97 Å². The molecule has 0 saturated carbocycles. The SMILES string of the molecule is O=C(O)CSCc1nc(N2CCCC2)no1. The van der Waals surface area contributed by atoms with Crippen molar-refractivity contribution in [2.45, 2.75) is 18.6 Å². The highest BCUT2D eigenvalue weighted by Crippen LogP contribution is 2.18. The van der Waals surface area contributed by atoms with Crippen LogP contribution in [0.15, 0.2) is 4.52 Å². The number of nitrogens with zero attached hydrogens (tertiary/aromatic N) is 3. The molecule has 88 valence electrons. The number of anilines is 1. The van der Waals surface area contributed by atoms with Crippen LogP contribution in [0.5, 0.6) is 0 Å². The van der Waals surface area contributed by atoms with Gasteiger partial charge in [0.25, 0.3) is 5.95 Å². The number of hydrogen-bond acceptors (Lipinski definition) is 6. The number of aliphatic carboxylic acids is 1. The fourth-order valence-electron chi connectivity index (χ4n) is 1.58. The monoisotopic (exact) mass is 243 g/mol. The average molecular weight is 243 g/mol. The van der Waals surface area contributed by atoms with Crippen molar-refractivity contribution in [1.29, 1.82) is 0 Å². The van der Waals surface area contributed by atoms with Crippen molar-refractivity contribution < 1.29 is 14.4 Å². The first-order chi connectivity index (χ1) is 7.75. The summed E-state index contributed by atoms with van der Waals surface area (Å²) < 4.78 is 5.04. The summed E-state index contributed by atoms with van der Waals surface area (Å²) in [6.45, 7) is 1.95. The molecule has 1 aromatic heterocycles. The molecule has 0 unspecified atom stereocenters. The van der Waals surface area contributed by atoms with E-state index in [-0.39, 0.29) is 5.75 Å². The zero-order chi connectivity index (χ0) is 11.4. The smallest absolute Gasteiger partial charge is 0.313 e. The molecule has 1 aliphatic heterocycles. The Kier molecular flexibility index (Phi) is 3.66. The van der Waals surface area contributed by atoms with Crippen molar-refractivity contribution in [2.75, 3.05) is 23.7 Å². The maximum Gasteiger partial charge on any atom is 0.313 e. The standard InChI is InChI=1S/C9H13N3O3S/c13-8(14)6-16-5-7-10-9(11-15-7)12-3-1-2-4-12/h1-6H2,(H,13,14). The van der Waals surface area contributed by atoms with Gasteiger partial charge in [0.1, 0.15) is 0 Å². The van der Waals surface area contributed by atoms with Gasteiger partial charge in [0, 0.05) is 13.1 Å². The number of hydrogen-bond donors (Lipinski definition) is 1. The molecule has 2 rings (SSSR count). The molecule has 0 bridgehead atoms. The zero-order valence-electron chi connectivity index (χ0n) is 8.76. The van der Waals surface area contributed by atoms with Gasteiger partial charge in [-0.05, 0) is 18.0 Å². The minimum Gasteiger partial charge on any atom is -0.481 e. The second kappa shape index (κ2) is 5.20. The molecule has 1 N–H and O–H groups in total. The molecular formula is C9H13N3O3S. The fourth-order valence-corrected chi connectivity index (χ4v) is 2.14. The van der Waals surface area contributed by atoms with E-state index in [0.29, 0.717) is 17.6 Å². The summed E-state index contributed by atoms with van der Waals surface area (Å²) in [6, 6.07) is 0. The molecule has 1 aliphatic rings. The Bertz CT molecular complexity index is 363. The lowest BCUT2D eigenvalue weighted by atomic mass is 10.4. The maximum atomic E-state index is 10.3. The molecule has 16 heavy (non-hydrogen) atoms. The number of aromatic nitrogens is 2. The van der Waals surface area contributed by atoms with E-state index in [2.05, 4.69) is 15.0 Å². The normalized spacial score (nSPS) is 15.6. The van der Waals surface area contributed by atoms with E-state index in [1.54, 1.807) is 0 Å². The van der Waals surface area contributed by atoms with Gasteiger partial charge in [-0.15, -0.1) is 11.8 Å². The average Bonchev–Trinajstić information content (AvgIpc) is 2.85. The molecule has 1 aromatic rings. The van der Waals surface area contributed by atoms with Crippen molar-refractivity contribution in [2.24, 2.45) is 0 Å². The van der Waals surface area contributed by atoms with E-state index in [9.17, 15) is 4.79 Å². The maximum absolute atomic E-state index is 10.3. The highest BCUT2D eigenvalue weighted by atomic mass is 32.2. The van der Waals surface area contributed by atoms with Crippen molar-refractivity contribution in [3.63, 3.8) is 0 Å². The quantitative estimate of drug-likeness (QED) is 0.825. The molecule has 0 spiro atoms. The van der Waals surface area contributed by atoms with Gasteiger partial charge in [-0.1, -0.05) is 0 Å². The van der Waals surface area contributed by atoms with Crippen molar-refractivity contribution in [3.8, 4) is 0 Å². The number of thioether (sulfide) groups is 1. The fraction of sp³-hybridized carbons (Fsp3) is 0.667. The Morgan fingerprint density at radius 1 is 1.50 bits per heavy atom. The lowest BCUT2D eigenvalue weighted by Crippen LogP contribution is -2.18. The van der Waals surface area contributed by atoms with Crippen LogP contribution >= 0.6 is 11.8 Å². The van der Waals surface area contributed by atoms with Crippen molar-refractivity contribution >= 4 is 23.7 Å². The molecule has 2 heterocycles. The Labute approximate surface area is 97.0 Å². The topological polar surface area (TPSA) is 79.5 Å². The summed E-state index contributed by atoms with van der Waals surface area (Å²) in [5.74, 6) is 0.801. The van der Waals surface area contributed by atoms with Crippen LogP contribution in [-0.2, 0) is 10.5 Å². The number of rotatable bonds is 5. The summed E-state index contributed by atoms with van der Waals surface area (Å²) in [6.07, 6.45) is 2.33. The summed E-state index contributed by atoms with van der Waals surface area (Å²) in [5, 5.41) is 12.3. The van der Waals surface area contributed by atoms with E-state index < -0.39 is 5.97 Å². The summed E-state index contributed by atoms with van der Waals surface area (Å²) >= 11 is 1.26. The van der Waals surface area contributed by atoms with E-state index in [0.717, 1.165) is 25.9 Å². The molecular weight excluding hydrogens is 230 g/mol. The van der Waals surface area contributed by atoms with Crippen molar-refractivity contribution in [1.82, 2.24) is 10.1 Å². The van der Waals surface area contributed by atoms with Gasteiger partial charge in [-0.3, -0.25) is 4.79 Å². The first-order valence-corrected chi connectivity index (χ1v) is 6.28. The van der Waals surface area contributed by atoms with Crippen LogP contribution in [0.1, 0.15) is 18.7 Å². The van der Waals surface area contributed by atoms with Crippen LogP contribution < -0.4 is 4.90 Å². The molecule has 0 aromatic carbocycles. The van der Waals surface area contributed by atoms with Crippen LogP contribution in [0.3, 0.4) is 0 Å². The van der Waals surface area contributed by atoms with Crippen LogP contribution in [0.2, 0.25) is 0 Å². The van der Waals surface area contributed by atoms with Gasteiger partial charge in [-0.25, -0.2) is 0 Å². The molecule has 0 radical (unpaired) electrons. The lowest BCUT2D eigenvalue weighted by Gasteiger charge is -2.09. The number of carboxylic acid groups (broad SMARTS) is 1. The second-order valence-electron chi connectivity index (χ2n) is 3.57. The van der Waals surface area contributed by atoms with E-state index in [1.165, 1.54) is 11.8 Å². The first-order valence-electron chi connectivity index (χ1n) is 5.13. The van der Waals surface area contributed by atoms with E-state index >= 15 is 0 Å². The molecule has 0 aliphatic carbocycles. The van der Waals surface area contributed by atoms with E-state index in [1.807, 2.05) is 0 Å². The highest BCUT2D eigenvalue weighted by Gasteiger charge is 2.17. The van der Waals surface area contributed by atoms with Gasteiger partial charge in [0.15, 0.2) is 0 Å². The summed E-state index contributed by atoms with van der Waals surface area (Å²) in [7, 11) is 0. The molecule has 7 heteroatoms. The predicted molar refractivity (Wildman–Crippen MR) is 59.5 cm³/mol. The van der Waals surface area contributed by atoms with Crippen LogP contribution in [0.4, 0.5) is 5.95 Å². The van der Waals surface area contributed by atoms with Crippen molar-refractivity contribution in [3.05, 3.63) is 5.89 Å². The summed E-state index contributed by atoms with van der Waals surface area (Å²) in [4.78, 5) is 16.6. The Hall–Kier alpha value is -1.24. The Morgan fingerprint density at radius 3 is 2.94 bits per heavy atom. The van der Waals surface area contributed by atoms with Crippen LogP contribution in [0.25, 0.3) is 0 Å². The van der Waals surface area contributed by atoms with Gasteiger partial charge in [0.2, 0.25) is 5.89 Å². The molecule has 1 fully saturated rings. The molecule has 6 nitrogen and oxygen atoms in total. The second-order valence-corrected chi connectivity index (χ2v) is 4.55. The highest BCUT2D eigenvalue weighted by molar-refractivity contribution is 7.99. The minimum absolute atomic E-state index is 0.0570. The Balaban J connectivity index is 1.84. The van der Waals surface area contributed by atoms with Crippen LogP contribution in [0, 0.1) is 0 Å². The number of carboxylic acids is 1. The predicted octanol–water partition coefficient (Wildman–Crippen LogP) is 0.988.